The molecule has 7 nitrogen and oxygen atoms in total. The summed E-state index contributed by atoms with van der Waals surface area (Å²) in [5.41, 5.74) is 7.33. The monoisotopic (exact) mass is 388 g/mol. The number of hydrogen-bond acceptors (Lipinski definition) is 5. The molecule has 1 aliphatic carbocycles. The van der Waals surface area contributed by atoms with Crippen molar-refractivity contribution in [1.29, 1.82) is 0 Å². The van der Waals surface area contributed by atoms with Crippen LogP contribution in [-0.2, 0) is 14.8 Å². The highest BCUT2D eigenvalue weighted by Crippen LogP contribution is 2.48. The largest absolute Gasteiger partial charge is 0.495 e. The third-order valence-corrected chi connectivity index (χ3v) is 6.06. The summed E-state index contributed by atoms with van der Waals surface area (Å²) < 4.78 is 32.5. The molecule has 8 heteroatoms. The lowest BCUT2D eigenvalue weighted by Gasteiger charge is -2.12. The molecule has 3 rings (SSSR count). The van der Waals surface area contributed by atoms with Gasteiger partial charge in [-0.1, -0.05) is 24.3 Å². The molecule has 1 saturated carbocycles. The Bertz CT molecular complexity index is 1020. The Labute approximate surface area is 157 Å². The number of sulfonamides is 1. The van der Waals surface area contributed by atoms with Gasteiger partial charge in [-0.15, -0.1) is 0 Å². The molecule has 142 valence electrons. The Morgan fingerprint density at radius 1 is 1.19 bits per heavy atom. The van der Waals surface area contributed by atoms with E-state index in [-0.39, 0.29) is 22.1 Å². The van der Waals surface area contributed by atoms with E-state index >= 15 is 0 Å². The van der Waals surface area contributed by atoms with Crippen LogP contribution in [0.2, 0.25) is 0 Å². The summed E-state index contributed by atoms with van der Waals surface area (Å²) >= 11 is 0. The number of primary amides is 1. The van der Waals surface area contributed by atoms with Crippen molar-refractivity contribution in [2.45, 2.75) is 24.2 Å². The van der Waals surface area contributed by atoms with Crippen LogP contribution in [0.15, 0.2) is 47.4 Å². The van der Waals surface area contributed by atoms with Crippen molar-refractivity contribution in [2.24, 2.45) is 11.7 Å². The van der Waals surface area contributed by atoms with Crippen LogP contribution in [0.4, 0.5) is 0 Å². The summed E-state index contributed by atoms with van der Waals surface area (Å²) in [5.74, 6) is -1.74. The van der Waals surface area contributed by atoms with Crippen LogP contribution in [0.1, 0.15) is 33.8 Å². The molecule has 1 aliphatic rings. The summed E-state index contributed by atoms with van der Waals surface area (Å²) in [7, 11) is -2.91. The van der Waals surface area contributed by atoms with Crippen molar-refractivity contribution in [1.82, 2.24) is 4.72 Å². The van der Waals surface area contributed by atoms with Crippen LogP contribution >= 0.6 is 0 Å². The summed E-state index contributed by atoms with van der Waals surface area (Å²) in [5, 5.41) is 0. The smallest absolute Gasteiger partial charge is 0.267 e. The Kier molecular flexibility index (Phi) is 4.93. The lowest BCUT2D eigenvalue weighted by molar-refractivity contribution is -0.120. The van der Waals surface area contributed by atoms with Gasteiger partial charge in [0.2, 0.25) is 11.8 Å². The Hall–Kier alpha value is -2.87. The Morgan fingerprint density at radius 2 is 1.89 bits per heavy atom. The van der Waals surface area contributed by atoms with Crippen molar-refractivity contribution >= 4 is 21.8 Å². The average molecular weight is 388 g/mol. The summed E-state index contributed by atoms with van der Waals surface area (Å²) in [6.45, 7) is 1.96. The maximum absolute atomic E-state index is 12.7. The van der Waals surface area contributed by atoms with Crippen molar-refractivity contribution in [3.63, 3.8) is 0 Å². The molecule has 0 saturated heterocycles. The van der Waals surface area contributed by atoms with Gasteiger partial charge < -0.3 is 10.5 Å². The van der Waals surface area contributed by atoms with E-state index in [9.17, 15) is 18.0 Å². The average Bonchev–Trinajstić information content (AvgIpc) is 3.42. The second kappa shape index (κ2) is 7.03. The first-order valence-electron chi connectivity index (χ1n) is 8.34. The number of aryl methyl sites for hydroxylation is 1. The molecule has 3 N–H and O–H groups in total. The number of nitrogens with two attached hydrogens (primary N) is 1. The first kappa shape index (κ1) is 18.9. The molecule has 27 heavy (non-hydrogen) atoms. The molecule has 2 aromatic carbocycles. The van der Waals surface area contributed by atoms with E-state index in [1.54, 1.807) is 0 Å². The standard InChI is InChI=1S/C19H20N2O5S/c1-11-5-3-4-6-13(11)14-10-15(14)19(23)21-27(24,25)17-9-12(18(20)22)7-8-16(17)26-2/h3-9,14-15H,10H2,1-2H3,(H2,20,22)(H,21,23)/t14-,15+/m0/s1. The van der Waals surface area contributed by atoms with Crippen molar-refractivity contribution < 1.29 is 22.7 Å². The second-order valence-electron chi connectivity index (χ2n) is 6.50. The van der Waals surface area contributed by atoms with Gasteiger partial charge in [0.1, 0.15) is 10.6 Å². The van der Waals surface area contributed by atoms with E-state index in [0.717, 1.165) is 17.2 Å². The van der Waals surface area contributed by atoms with Gasteiger partial charge in [0.25, 0.3) is 10.0 Å². The second-order valence-corrected chi connectivity index (χ2v) is 8.16. The fourth-order valence-corrected chi connectivity index (χ4v) is 4.36. The van der Waals surface area contributed by atoms with Crippen LogP contribution in [0.3, 0.4) is 0 Å². The fraction of sp³-hybridized carbons (Fsp3) is 0.263. The molecule has 1 fully saturated rings. The lowest BCUT2D eigenvalue weighted by atomic mass is 10.0. The molecule has 0 aromatic heterocycles. The molecule has 0 spiro atoms. The molecular formula is C19H20N2O5S. The SMILES string of the molecule is COc1ccc(C(N)=O)cc1S(=O)(=O)NC(=O)[C@@H]1C[C@H]1c1ccccc1C. The zero-order valence-corrected chi connectivity index (χ0v) is 15.7. The number of benzene rings is 2. The number of rotatable bonds is 6. The minimum absolute atomic E-state index is 0.000231. The number of amides is 2. The highest BCUT2D eigenvalue weighted by Gasteiger charge is 2.45. The minimum Gasteiger partial charge on any atom is -0.495 e. The lowest BCUT2D eigenvalue weighted by Crippen LogP contribution is -2.32. The Balaban J connectivity index is 1.81. The Morgan fingerprint density at radius 3 is 2.52 bits per heavy atom. The zero-order valence-electron chi connectivity index (χ0n) is 14.9. The van der Waals surface area contributed by atoms with Gasteiger partial charge in [-0.2, -0.15) is 0 Å². The zero-order chi connectivity index (χ0) is 19.8. The molecule has 2 aromatic rings. The van der Waals surface area contributed by atoms with Gasteiger partial charge in [0.05, 0.1) is 7.11 Å². The van der Waals surface area contributed by atoms with E-state index < -0.39 is 27.8 Å². The summed E-state index contributed by atoms with van der Waals surface area (Å²) in [4.78, 5) is 23.5. The van der Waals surface area contributed by atoms with E-state index in [1.165, 1.54) is 19.2 Å². The molecule has 2 amide bonds. The van der Waals surface area contributed by atoms with Crippen LogP contribution in [0, 0.1) is 12.8 Å². The number of nitrogens with one attached hydrogen (secondary N) is 1. The predicted octanol–water partition coefficient (Wildman–Crippen LogP) is 1.71. The normalized spacial score (nSPS) is 18.6. The number of carbonyl (C=O) groups excluding carboxylic acids is 2. The van der Waals surface area contributed by atoms with Crippen LogP contribution in [0.25, 0.3) is 0 Å². The predicted molar refractivity (Wildman–Crippen MR) is 98.9 cm³/mol. The summed E-state index contributed by atoms with van der Waals surface area (Å²) in [6.07, 6.45) is 0.588. The quantitative estimate of drug-likeness (QED) is 0.782. The van der Waals surface area contributed by atoms with E-state index in [2.05, 4.69) is 4.72 Å². The molecule has 0 heterocycles. The molecule has 0 aliphatic heterocycles. The third kappa shape index (κ3) is 3.80. The van der Waals surface area contributed by atoms with E-state index in [0.29, 0.717) is 6.42 Å². The molecular weight excluding hydrogens is 368 g/mol. The number of ether oxygens (including phenoxy) is 1. The van der Waals surface area contributed by atoms with Crippen molar-refractivity contribution in [2.75, 3.05) is 7.11 Å². The fourth-order valence-electron chi connectivity index (χ4n) is 3.13. The minimum atomic E-state index is -4.21. The highest BCUT2D eigenvalue weighted by atomic mass is 32.2. The van der Waals surface area contributed by atoms with Crippen LogP contribution in [0.5, 0.6) is 5.75 Å². The van der Waals surface area contributed by atoms with Crippen LogP contribution < -0.4 is 15.2 Å². The van der Waals surface area contributed by atoms with Gasteiger partial charge in [-0.25, -0.2) is 13.1 Å². The first-order chi connectivity index (χ1) is 12.7. The molecule has 0 unspecified atom stereocenters. The van der Waals surface area contributed by atoms with Gasteiger partial charge in [-0.3, -0.25) is 9.59 Å². The van der Waals surface area contributed by atoms with Gasteiger partial charge in [0.15, 0.2) is 0 Å². The summed E-state index contributed by atoms with van der Waals surface area (Å²) in [6, 6.07) is 11.5. The molecule has 0 bridgehead atoms. The maximum atomic E-state index is 12.7. The number of hydrogen-bond donors (Lipinski definition) is 2. The van der Waals surface area contributed by atoms with Gasteiger partial charge in [-0.05, 0) is 48.6 Å². The molecule has 2 atom stereocenters. The molecule has 0 radical (unpaired) electrons. The first-order valence-corrected chi connectivity index (χ1v) is 9.83. The van der Waals surface area contributed by atoms with Gasteiger partial charge >= 0.3 is 0 Å². The van der Waals surface area contributed by atoms with E-state index in [1.807, 2.05) is 31.2 Å². The van der Waals surface area contributed by atoms with E-state index in [4.69, 9.17) is 10.5 Å². The van der Waals surface area contributed by atoms with Gasteiger partial charge in [0, 0.05) is 11.5 Å². The van der Waals surface area contributed by atoms with Crippen LogP contribution in [-0.4, -0.2) is 27.3 Å². The van der Waals surface area contributed by atoms with Crippen molar-refractivity contribution in [3.05, 3.63) is 59.2 Å². The topological polar surface area (TPSA) is 116 Å². The maximum Gasteiger partial charge on any atom is 0.267 e. The highest BCUT2D eigenvalue weighted by molar-refractivity contribution is 7.90. The number of methoxy groups -OCH3 is 1. The third-order valence-electron chi connectivity index (χ3n) is 4.69. The number of carbonyl (C=O) groups is 2. The van der Waals surface area contributed by atoms with Crippen molar-refractivity contribution in [3.8, 4) is 5.75 Å².